The van der Waals surface area contributed by atoms with Gasteiger partial charge in [0.15, 0.2) is 13.4 Å². The Balaban J connectivity index is 2.21. The number of allylic oxidation sites excluding steroid dienone is 1. The van der Waals surface area contributed by atoms with Gasteiger partial charge in [0.25, 0.3) is 0 Å². The van der Waals surface area contributed by atoms with E-state index in [0.717, 1.165) is 18.5 Å². The molecule has 0 bridgehead atoms. The highest BCUT2D eigenvalue weighted by atomic mass is 32.1. The van der Waals surface area contributed by atoms with Gasteiger partial charge in [-0.25, -0.2) is 4.79 Å². The second-order valence-corrected chi connectivity index (χ2v) is 13.6. The second-order valence-electron chi connectivity index (χ2n) is 8.39. The van der Waals surface area contributed by atoms with Crippen molar-refractivity contribution in [3.8, 4) is 0 Å². The molecule has 0 aromatic rings. The zero-order chi connectivity index (χ0) is 19.0. The van der Waals surface area contributed by atoms with E-state index in [0.29, 0.717) is 23.9 Å². The summed E-state index contributed by atoms with van der Waals surface area (Å²) in [6, 6.07) is 0.0684. The number of fused-ring (bicyclic) bond motifs is 1. The lowest BCUT2D eigenvalue weighted by Crippen LogP contribution is -2.53. The molecular formula is C18H32N2O3SSi. The molecule has 0 unspecified atom stereocenters. The Morgan fingerprint density at radius 1 is 1.40 bits per heavy atom. The van der Waals surface area contributed by atoms with Gasteiger partial charge in [0.2, 0.25) is 0 Å². The fourth-order valence-corrected chi connectivity index (χ4v) is 4.56. The summed E-state index contributed by atoms with van der Waals surface area (Å²) in [7, 11) is -1.81. The molecule has 0 aliphatic carbocycles. The van der Waals surface area contributed by atoms with Gasteiger partial charge in [-0.1, -0.05) is 20.8 Å². The molecule has 2 rings (SSSR count). The van der Waals surface area contributed by atoms with E-state index in [1.807, 2.05) is 13.8 Å². The highest BCUT2D eigenvalue weighted by molar-refractivity contribution is 7.80. The Bertz CT molecular complexity index is 583. The largest absolute Gasteiger partial charge is 0.463 e. The monoisotopic (exact) mass is 384 g/mol. The molecule has 2 aliphatic rings. The Morgan fingerprint density at radius 2 is 2.04 bits per heavy atom. The summed E-state index contributed by atoms with van der Waals surface area (Å²) in [5.41, 5.74) is 1.73. The fraction of sp³-hybridized carbons (Fsp3) is 0.778. The van der Waals surface area contributed by atoms with Crippen LogP contribution in [0.15, 0.2) is 11.3 Å². The molecule has 0 amide bonds. The first-order valence-electron chi connectivity index (χ1n) is 9.13. The van der Waals surface area contributed by atoms with Gasteiger partial charge in [0.05, 0.1) is 30.9 Å². The molecule has 2 aliphatic heterocycles. The number of esters is 1. The predicted octanol–water partition coefficient (Wildman–Crippen LogP) is 3.57. The lowest BCUT2D eigenvalue weighted by molar-refractivity contribution is -0.139. The van der Waals surface area contributed by atoms with Gasteiger partial charge in [-0.15, -0.1) is 0 Å². The van der Waals surface area contributed by atoms with Gasteiger partial charge in [-0.3, -0.25) is 0 Å². The number of carbonyl (C=O) groups is 1. The van der Waals surface area contributed by atoms with E-state index in [9.17, 15) is 4.79 Å². The summed E-state index contributed by atoms with van der Waals surface area (Å²) in [6.45, 7) is 16.1. The summed E-state index contributed by atoms with van der Waals surface area (Å²) < 4.78 is 11.7. The van der Waals surface area contributed by atoms with Crippen LogP contribution in [0.2, 0.25) is 18.1 Å². The van der Waals surface area contributed by atoms with E-state index in [4.69, 9.17) is 21.4 Å². The SMILES string of the molecule is CCOC(=O)C1=C2CC[C@@H](CO[Si](C)(C)C(C)(C)C)N2C(=S)N[C@H]1C. The molecule has 0 saturated carbocycles. The van der Waals surface area contributed by atoms with Crippen LogP contribution in [-0.4, -0.2) is 49.6 Å². The number of rotatable bonds is 5. The van der Waals surface area contributed by atoms with E-state index in [1.54, 1.807) is 0 Å². The van der Waals surface area contributed by atoms with Crippen LogP contribution < -0.4 is 5.32 Å². The molecule has 7 heteroatoms. The minimum absolute atomic E-state index is 0.113. The first kappa shape index (κ1) is 20.4. The van der Waals surface area contributed by atoms with Crippen LogP contribution in [0.25, 0.3) is 0 Å². The minimum atomic E-state index is -1.81. The zero-order valence-corrected chi connectivity index (χ0v) is 18.4. The normalized spacial score (nSPS) is 24.3. The molecular weight excluding hydrogens is 352 g/mol. The van der Waals surface area contributed by atoms with Gasteiger partial charge in [0.1, 0.15) is 0 Å². The van der Waals surface area contributed by atoms with Gasteiger partial charge >= 0.3 is 5.97 Å². The molecule has 2 atom stereocenters. The van der Waals surface area contributed by atoms with E-state index >= 15 is 0 Å². The van der Waals surface area contributed by atoms with E-state index in [1.165, 1.54) is 0 Å². The first-order chi connectivity index (χ1) is 11.5. The Labute approximate surface area is 158 Å². The topological polar surface area (TPSA) is 50.8 Å². The van der Waals surface area contributed by atoms with Gasteiger partial charge < -0.3 is 19.4 Å². The molecule has 1 N–H and O–H groups in total. The molecule has 0 spiro atoms. The molecule has 1 fully saturated rings. The highest BCUT2D eigenvalue weighted by Gasteiger charge is 2.43. The third-order valence-electron chi connectivity index (χ3n) is 5.61. The van der Waals surface area contributed by atoms with Crippen molar-refractivity contribution in [1.29, 1.82) is 0 Å². The van der Waals surface area contributed by atoms with Crippen LogP contribution in [0.5, 0.6) is 0 Å². The minimum Gasteiger partial charge on any atom is -0.463 e. The molecule has 5 nitrogen and oxygen atoms in total. The average Bonchev–Trinajstić information content (AvgIpc) is 2.88. The van der Waals surface area contributed by atoms with Crippen LogP contribution in [0.4, 0.5) is 0 Å². The smallest absolute Gasteiger partial charge is 0.337 e. The summed E-state index contributed by atoms with van der Waals surface area (Å²) in [6.07, 6.45) is 1.78. The van der Waals surface area contributed by atoms with Gasteiger partial charge in [-0.05, 0) is 57.0 Å². The maximum atomic E-state index is 12.4. The summed E-state index contributed by atoms with van der Waals surface area (Å²) in [5.74, 6) is -0.240. The van der Waals surface area contributed by atoms with Crippen molar-refractivity contribution >= 4 is 31.6 Å². The van der Waals surface area contributed by atoms with Crippen molar-refractivity contribution in [1.82, 2.24) is 10.2 Å². The number of hydrogen-bond donors (Lipinski definition) is 1. The van der Waals surface area contributed by atoms with E-state index in [2.05, 4.69) is 44.1 Å². The third-order valence-corrected chi connectivity index (χ3v) is 10.4. The van der Waals surface area contributed by atoms with Crippen LogP contribution in [0, 0.1) is 0 Å². The predicted molar refractivity (Wildman–Crippen MR) is 107 cm³/mol. The number of thiocarbonyl (C=S) groups is 1. The highest BCUT2D eigenvalue weighted by Crippen LogP contribution is 2.39. The molecule has 0 aromatic carbocycles. The first-order valence-corrected chi connectivity index (χ1v) is 12.4. The van der Waals surface area contributed by atoms with Crippen molar-refractivity contribution in [2.45, 2.75) is 77.7 Å². The number of hydrogen-bond acceptors (Lipinski definition) is 4. The van der Waals surface area contributed by atoms with Crippen LogP contribution >= 0.6 is 12.2 Å². The number of nitrogens with one attached hydrogen (secondary N) is 1. The molecule has 0 radical (unpaired) electrons. The number of ether oxygens (including phenoxy) is 1. The Kier molecular flexibility index (Phi) is 6.01. The van der Waals surface area contributed by atoms with Crippen molar-refractivity contribution in [3.63, 3.8) is 0 Å². The summed E-state index contributed by atoms with van der Waals surface area (Å²) in [4.78, 5) is 14.5. The van der Waals surface area contributed by atoms with Crippen LogP contribution in [0.1, 0.15) is 47.5 Å². The molecule has 0 aromatic heterocycles. The maximum Gasteiger partial charge on any atom is 0.337 e. The van der Waals surface area contributed by atoms with Crippen LogP contribution in [0.3, 0.4) is 0 Å². The third kappa shape index (κ3) is 4.09. The van der Waals surface area contributed by atoms with Crippen LogP contribution in [-0.2, 0) is 14.0 Å². The molecule has 142 valence electrons. The van der Waals surface area contributed by atoms with Gasteiger partial charge in [-0.2, -0.15) is 0 Å². The summed E-state index contributed by atoms with van der Waals surface area (Å²) in [5, 5.41) is 4.12. The Hall–Kier alpha value is -0.923. The van der Waals surface area contributed by atoms with E-state index in [-0.39, 0.29) is 23.1 Å². The Morgan fingerprint density at radius 3 is 2.60 bits per heavy atom. The lowest BCUT2D eigenvalue weighted by atomic mass is 10.0. The van der Waals surface area contributed by atoms with Crippen molar-refractivity contribution < 1.29 is 14.0 Å². The standard InChI is InChI=1S/C18H32N2O3SSi/c1-8-22-16(21)15-12(2)19-17(24)20-13(9-10-14(15)20)11-23-25(6,7)18(3,4)5/h12-13H,8-11H2,1-7H3,(H,19,24)/t12-,13-/m0/s1. The maximum absolute atomic E-state index is 12.4. The number of nitrogens with zero attached hydrogens (tertiary/aromatic N) is 1. The molecule has 2 heterocycles. The van der Waals surface area contributed by atoms with E-state index < -0.39 is 8.32 Å². The lowest BCUT2D eigenvalue weighted by Gasteiger charge is -2.40. The quantitative estimate of drug-likeness (QED) is 0.444. The average molecular weight is 385 g/mol. The van der Waals surface area contributed by atoms with Crippen molar-refractivity contribution in [2.75, 3.05) is 13.2 Å². The molecule has 1 saturated heterocycles. The zero-order valence-electron chi connectivity index (χ0n) is 16.6. The van der Waals surface area contributed by atoms with Gasteiger partial charge in [0, 0.05) is 5.70 Å². The summed E-state index contributed by atoms with van der Waals surface area (Å²) >= 11 is 5.57. The molecule has 25 heavy (non-hydrogen) atoms. The number of carbonyl (C=O) groups excluding carboxylic acids is 1. The van der Waals surface area contributed by atoms with Crippen molar-refractivity contribution in [3.05, 3.63) is 11.3 Å². The van der Waals surface area contributed by atoms with Crippen molar-refractivity contribution in [2.24, 2.45) is 0 Å². The fourth-order valence-electron chi connectivity index (χ4n) is 3.09. The second kappa shape index (κ2) is 7.37.